The number of nitrogens with one attached hydrogen (secondary N) is 1. The maximum absolute atomic E-state index is 12.8. The Hall–Kier alpha value is -2.37. The molecule has 1 N–H and O–H groups in total. The first-order chi connectivity index (χ1) is 15.6. The molecule has 32 heavy (non-hydrogen) atoms. The normalized spacial score (nSPS) is 27.4. The van der Waals surface area contributed by atoms with Crippen LogP contribution < -0.4 is 5.32 Å². The number of amides is 1. The summed E-state index contributed by atoms with van der Waals surface area (Å²) in [5.41, 5.74) is 1.10. The topological polar surface area (TPSA) is 81.7 Å². The number of ether oxygens (including phenoxy) is 2. The van der Waals surface area contributed by atoms with Gasteiger partial charge in [0.25, 0.3) is 0 Å². The van der Waals surface area contributed by atoms with Crippen LogP contribution in [0.1, 0.15) is 81.5 Å². The Labute approximate surface area is 190 Å². The molecule has 6 heteroatoms. The van der Waals surface area contributed by atoms with Crippen LogP contribution in [-0.2, 0) is 19.1 Å². The zero-order valence-corrected chi connectivity index (χ0v) is 19.0. The average Bonchev–Trinajstić information content (AvgIpc) is 3.41. The van der Waals surface area contributed by atoms with Gasteiger partial charge in [0.2, 0.25) is 5.91 Å². The molecular weight excluding hydrogens is 406 g/mol. The highest BCUT2D eigenvalue weighted by molar-refractivity contribution is 5.97. The van der Waals surface area contributed by atoms with E-state index >= 15 is 0 Å². The number of esters is 2. The number of unbranched alkanes of at least 4 members (excludes halogenated alkanes) is 7. The summed E-state index contributed by atoms with van der Waals surface area (Å²) in [4.78, 5) is 37.2. The summed E-state index contributed by atoms with van der Waals surface area (Å²) in [6, 6.07) is 6.78. The largest absolute Gasteiger partial charge is 0.462 e. The monoisotopic (exact) mass is 441 g/mol. The van der Waals surface area contributed by atoms with Gasteiger partial charge in [-0.05, 0) is 49.4 Å². The van der Waals surface area contributed by atoms with E-state index in [-0.39, 0.29) is 47.6 Å². The Morgan fingerprint density at radius 3 is 2.41 bits per heavy atom. The second-order valence-corrected chi connectivity index (χ2v) is 9.60. The molecule has 1 aromatic rings. The van der Waals surface area contributed by atoms with Gasteiger partial charge in [0.05, 0.1) is 24.0 Å². The van der Waals surface area contributed by atoms with Gasteiger partial charge in [0, 0.05) is 11.6 Å². The third-order valence-electron chi connectivity index (χ3n) is 7.41. The van der Waals surface area contributed by atoms with Gasteiger partial charge in [-0.3, -0.25) is 9.59 Å². The second-order valence-electron chi connectivity index (χ2n) is 9.60. The molecule has 3 fully saturated rings. The van der Waals surface area contributed by atoms with Crippen LogP contribution >= 0.6 is 0 Å². The van der Waals surface area contributed by atoms with Crippen molar-refractivity contribution in [1.29, 1.82) is 0 Å². The molecular formula is C26H35NO5. The number of carbonyl (C=O) groups is 3. The van der Waals surface area contributed by atoms with E-state index in [9.17, 15) is 14.4 Å². The minimum atomic E-state index is -0.335. The summed E-state index contributed by atoms with van der Waals surface area (Å²) in [5, 5.41) is 2.92. The Morgan fingerprint density at radius 1 is 1.00 bits per heavy atom. The van der Waals surface area contributed by atoms with Gasteiger partial charge in [-0.1, -0.05) is 51.9 Å². The van der Waals surface area contributed by atoms with Crippen LogP contribution in [0.3, 0.4) is 0 Å². The van der Waals surface area contributed by atoms with Crippen LogP contribution in [0.4, 0.5) is 5.69 Å². The minimum Gasteiger partial charge on any atom is -0.462 e. The van der Waals surface area contributed by atoms with E-state index in [0.29, 0.717) is 17.9 Å². The lowest BCUT2D eigenvalue weighted by atomic mass is 9.79. The molecule has 1 heterocycles. The predicted molar refractivity (Wildman–Crippen MR) is 121 cm³/mol. The summed E-state index contributed by atoms with van der Waals surface area (Å²) >= 11 is 0. The van der Waals surface area contributed by atoms with Gasteiger partial charge in [-0.2, -0.15) is 0 Å². The number of rotatable bonds is 12. The molecule has 0 spiro atoms. The van der Waals surface area contributed by atoms with E-state index < -0.39 is 0 Å². The van der Waals surface area contributed by atoms with Crippen LogP contribution in [0.25, 0.3) is 0 Å². The maximum Gasteiger partial charge on any atom is 0.338 e. The van der Waals surface area contributed by atoms with E-state index in [4.69, 9.17) is 9.47 Å². The van der Waals surface area contributed by atoms with E-state index in [1.165, 1.54) is 38.5 Å². The lowest BCUT2D eigenvalue weighted by molar-refractivity contribution is -0.145. The van der Waals surface area contributed by atoms with E-state index in [0.717, 1.165) is 25.7 Å². The average molecular weight is 442 g/mol. The Balaban J connectivity index is 1.17. The van der Waals surface area contributed by atoms with Crippen molar-refractivity contribution >= 4 is 23.5 Å². The smallest absolute Gasteiger partial charge is 0.338 e. The molecule has 1 aliphatic heterocycles. The third kappa shape index (κ3) is 5.00. The molecule has 3 aliphatic rings. The van der Waals surface area contributed by atoms with Gasteiger partial charge in [0.15, 0.2) is 0 Å². The van der Waals surface area contributed by atoms with Gasteiger partial charge < -0.3 is 14.8 Å². The van der Waals surface area contributed by atoms with Crippen LogP contribution in [0.2, 0.25) is 0 Å². The van der Waals surface area contributed by atoms with Crippen LogP contribution in [0.15, 0.2) is 24.3 Å². The number of hydrogen-bond donors (Lipinski definition) is 1. The Morgan fingerprint density at radius 2 is 1.69 bits per heavy atom. The van der Waals surface area contributed by atoms with Crippen molar-refractivity contribution in [2.24, 2.45) is 23.7 Å². The fourth-order valence-electron chi connectivity index (χ4n) is 5.76. The quantitative estimate of drug-likeness (QED) is 0.360. The molecule has 1 amide bonds. The van der Waals surface area contributed by atoms with Crippen LogP contribution in [-0.4, -0.2) is 30.6 Å². The van der Waals surface area contributed by atoms with Crippen molar-refractivity contribution in [3.8, 4) is 0 Å². The molecule has 174 valence electrons. The zero-order chi connectivity index (χ0) is 22.5. The summed E-state index contributed by atoms with van der Waals surface area (Å²) in [5.74, 6) is -0.821. The molecule has 0 aromatic heterocycles. The molecule has 4 rings (SSSR count). The molecule has 2 bridgehead atoms. The molecule has 0 unspecified atom stereocenters. The zero-order valence-electron chi connectivity index (χ0n) is 19.0. The van der Waals surface area contributed by atoms with E-state index in [1.807, 2.05) is 0 Å². The van der Waals surface area contributed by atoms with Crippen molar-refractivity contribution in [2.75, 3.05) is 11.9 Å². The fourth-order valence-corrected chi connectivity index (χ4v) is 5.76. The minimum absolute atomic E-state index is 0.0256. The van der Waals surface area contributed by atoms with Gasteiger partial charge in [-0.15, -0.1) is 0 Å². The number of anilines is 1. The first-order valence-electron chi connectivity index (χ1n) is 12.4. The highest BCUT2D eigenvalue weighted by Crippen LogP contribution is 2.57. The Bertz CT molecular complexity index is 818. The highest BCUT2D eigenvalue weighted by atomic mass is 16.6. The standard InChI is InChI=1S/C26H35NO5/c1-2-3-4-5-6-7-8-9-14-31-25(29)17-10-12-19(13-11-17)27-24(28)22-18-15-20-21(16-18)32-26(30)23(20)22/h10-13,18,20-23H,2-9,14-16H2,1H3,(H,27,28)/t18-,20+,21+,22-,23-/m1/s1. The summed E-state index contributed by atoms with van der Waals surface area (Å²) < 4.78 is 10.8. The molecule has 5 atom stereocenters. The van der Waals surface area contributed by atoms with Crippen molar-refractivity contribution in [1.82, 2.24) is 0 Å². The number of hydrogen-bond acceptors (Lipinski definition) is 5. The van der Waals surface area contributed by atoms with Crippen LogP contribution in [0.5, 0.6) is 0 Å². The lowest BCUT2D eigenvalue weighted by Crippen LogP contribution is -2.35. The lowest BCUT2D eigenvalue weighted by Gasteiger charge is -2.23. The van der Waals surface area contributed by atoms with Crippen molar-refractivity contribution in [3.63, 3.8) is 0 Å². The van der Waals surface area contributed by atoms with Crippen molar-refractivity contribution < 1.29 is 23.9 Å². The number of fused-ring (bicyclic) bond motifs is 1. The molecule has 2 aliphatic carbocycles. The number of carbonyl (C=O) groups excluding carboxylic acids is 3. The molecule has 2 saturated carbocycles. The predicted octanol–water partition coefficient (Wildman–Crippen LogP) is 5.12. The first kappa shape index (κ1) is 22.8. The Kier molecular flexibility index (Phi) is 7.48. The third-order valence-corrected chi connectivity index (χ3v) is 7.41. The van der Waals surface area contributed by atoms with Gasteiger partial charge >= 0.3 is 11.9 Å². The summed E-state index contributed by atoms with van der Waals surface area (Å²) in [6.45, 7) is 2.66. The first-order valence-corrected chi connectivity index (χ1v) is 12.4. The van der Waals surface area contributed by atoms with Gasteiger partial charge in [0.1, 0.15) is 6.10 Å². The molecule has 1 aromatic carbocycles. The van der Waals surface area contributed by atoms with Crippen molar-refractivity contribution in [2.45, 2.75) is 77.2 Å². The molecule has 0 radical (unpaired) electrons. The van der Waals surface area contributed by atoms with Gasteiger partial charge in [-0.25, -0.2) is 4.79 Å². The molecule has 6 nitrogen and oxygen atoms in total. The second kappa shape index (κ2) is 10.5. The van der Waals surface area contributed by atoms with Crippen molar-refractivity contribution in [3.05, 3.63) is 29.8 Å². The highest BCUT2D eigenvalue weighted by Gasteiger charge is 2.63. The number of benzene rings is 1. The van der Waals surface area contributed by atoms with E-state index in [2.05, 4.69) is 12.2 Å². The van der Waals surface area contributed by atoms with Crippen LogP contribution in [0, 0.1) is 23.7 Å². The maximum atomic E-state index is 12.8. The van der Waals surface area contributed by atoms with E-state index in [1.54, 1.807) is 24.3 Å². The SMILES string of the molecule is CCCCCCCCCCOC(=O)c1ccc(NC(=O)[C@@H]2[C@@H]3C[C@@H]4[C@H]2C(=O)O[C@H]4C3)cc1. The summed E-state index contributed by atoms with van der Waals surface area (Å²) in [7, 11) is 0. The summed E-state index contributed by atoms with van der Waals surface area (Å²) in [6.07, 6.45) is 11.4. The molecule has 1 saturated heterocycles. The fraction of sp³-hybridized carbons (Fsp3) is 0.654.